The second-order valence-corrected chi connectivity index (χ2v) is 6.72. The van der Waals surface area contributed by atoms with E-state index in [0.29, 0.717) is 13.2 Å². The van der Waals surface area contributed by atoms with Gasteiger partial charge in [-0.1, -0.05) is 18.2 Å². The predicted octanol–water partition coefficient (Wildman–Crippen LogP) is 1.95. The highest BCUT2D eigenvalue weighted by molar-refractivity contribution is 5.79. The Balaban J connectivity index is 1.71. The van der Waals surface area contributed by atoms with E-state index in [1.165, 1.54) is 0 Å². The second kappa shape index (κ2) is 13.5. The molecule has 0 aliphatic heterocycles. The van der Waals surface area contributed by atoms with E-state index in [2.05, 4.69) is 44.7 Å². The fraction of sp³-hybridized carbons (Fsp3) is 0.455. The third kappa shape index (κ3) is 9.40. The number of hydrogen-bond acceptors (Lipinski definition) is 5. The zero-order valence-corrected chi connectivity index (χ0v) is 17.7. The molecule has 29 heavy (non-hydrogen) atoms. The number of nitrogens with zero attached hydrogens (tertiary/aromatic N) is 3. The molecule has 7 nitrogen and oxygen atoms in total. The summed E-state index contributed by atoms with van der Waals surface area (Å²) in [5.41, 5.74) is 2.20. The summed E-state index contributed by atoms with van der Waals surface area (Å²) in [5.74, 6) is 1.65. The van der Waals surface area contributed by atoms with Crippen molar-refractivity contribution in [1.82, 2.24) is 20.5 Å². The molecule has 0 unspecified atom stereocenters. The number of nitrogens with one attached hydrogen (secondary N) is 2. The van der Waals surface area contributed by atoms with Crippen LogP contribution in [-0.4, -0.2) is 69.9 Å². The molecular weight excluding hydrogens is 366 g/mol. The van der Waals surface area contributed by atoms with Crippen molar-refractivity contribution in [2.45, 2.75) is 13.0 Å². The Morgan fingerprint density at radius 1 is 1.10 bits per heavy atom. The molecule has 7 heteroatoms. The molecule has 0 fully saturated rings. The van der Waals surface area contributed by atoms with Gasteiger partial charge in [-0.3, -0.25) is 9.98 Å². The Hall–Kier alpha value is -2.64. The zero-order valence-electron chi connectivity index (χ0n) is 17.7. The van der Waals surface area contributed by atoms with Crippen LogP contribution in [0.3, 0.4) is 0 Å². The number of rotatable bonds is 12. The van der Waals surface area contributed by atoms with Crippen molar-refractivity contribution in [3.8, 4) is 5.75 Å². The number of ether oxygens (including phenoxy) is 2. The lowest BCUT2D eigenvalue weighted by Gasteiger charge is -2.16. The van der Waals surface area contributed by atoms with Crippen LogP contribution in [-0.2, 0) is 17.7 Å². The van der Waals surface area contributed by atoms with Crippen molar-refractivity contribution in [3.63, 3.8) is 0 Å². The molecule has 0 aliphatic rings. The van der Waals surface area contributed by atoms with E-state index in [9.17, 15) is 0 Å². The van der Waals surface area contributed by atoms with Gasteiger partial charge in [0.15, 0.2) is 5.96 Å². The highest BCUT2D eigenvalue weighted by Gasteiger charge is 2.02. The molecule has 0 spiro atoms. The zero-order chi connectivity index (χ0) is 20.7. The number of benzene rings is 1. The Morgan fingerprint density at radius 3 is 2.72 bits per heavy atom. The van der Waals surface area contributed by atoms with E-state index in [0.717, 1.165) is 55.6 Å². The lowest BCUT2D eigenvalue weighted by Crippen LogP contribution is -2.37. The average Bonchev–Trinajstić information content (AvgIpc) is 2.75. The molecule has 1 aromatic carbocycles. The Labute approximate surface area is 174 Å². The number of likely N-dealkylation sites (N-methyl/N-ethyl adjacent to an activating group) is 1. The van der Waals surface area contributed by atoms with E-state index in [1.807, 2.05) is 36.5 Å². The highest BCUT2D eigenvalue weighted by atomic mass is 16.5. The lowest BCUT2D eigenvalue weighted by atomic mass is 10.2. The summed E-state index contributed by atoms with van der Waals surface area (Å²) < 4.78 is 11.0. The minimum Gasteiger partial charge on any atom is -0.492 e. The fourth-order valence-electron chi connectivity index (χ4n) is 2.68. The molecule has 1 heterocycles. The molecular formula is C22H33N5O2. The van der Waals surface area contributed by atoms with Crippen LogP contribution in [0.5, 0.6) is 5.75 Å². The van der Waals surface area contributed by atoms with Gasteiger partial charge in [0.05, 0.1) is 6.61 Å². The lowest BCUT2D eigenvalue weighted by molar-refractivity contribution is 0.150. The Kier molecular flexibility index (Phi) is 10.6. The van der Waals surface area contributed by atoms with Gasteiger partial charge in [0.25, 0.3) is 0 Å². The molecule has 0 radical (unpaired) electrons. The van der Waals surface area contributed by atoms with E-state index in [4.69, 9.17) is 9.47 Å². The highest BCUT2D eigenvalue weighted by Crippen LogP contribution is 2.13. The molecule has 2 N–H and O–H groups in total. The maximum atomic E-state index is 5.88. The van der Waals surface area contributed by atoms with Crippen molar-refractivity contribution in [1.29, 1.82) is 0 Å². The van der Waals surface area contributed by atoms with Gasteiger partial charge >= 0.3 is 0 Å². The summed E-state index contributed by atoms with van der Waals surface area (Å²) in [6, 6.07) is 14.1. The average molecular weight is 400 g/mol. The van der Waals surface area contributed by atoms with Crippen LogP contribution < -0.4 is 15.4 Å². The third-order valence-corrected chi connectivity index (χ3v) is 4.40. The van der Waals surface area contributed by atoms with Crippen molar-refractivity contribution in [3.05, 3.63) is 59.9 Å². The molecule has 0 bridgehead atoms. The van der Waals surface area contributed by atoms with Crippen LogP contribution in [0.15, 0.2) is 53.7 Å². The quantitative estimate of drug-likeness (QED) is 0.420. The maximum absolute atomic E-state index is 5.88. The normalized spacial score (nSPS) is 11.5. The van der Waals surface area contributed by atoms with Gasteiger partial charge in [-0.15, -0.1) is 0 Å². The third-order valence-electron chi connectivity index (χ3n) is 4.40. The largest absolute Gasteiger partial charge is 0.492 e. The summed E-state index contributed by atoms with van der Waals surface area (Å²) in [4.78, 5) is 10.8. The first kappa shape index (κ1) is 22.6. The smallest absolute Gasteiger partial charge is 0.191 e. The fourth-order valence-corrected chi connectivity index (χ4v) is 2.68. The van der Waals surface area contributed by atoms with Crippen molar-refractivity contribution in [2.75, 3.05) is 54.1 Å². The number of aliphatic imine (C=N–C) groups is 1. The van der Waals surface area contributed by atoms with Crippen molar-refractivity contribution < 1.29 is 9.47 Å². The minimum absolute atomic E-state index is 0.647. The molecule has 2 aromatic rings. The SMILES string of the molecule is CN=C(NCCc1ccccn1)NCc1cccc(OCCN(C)CCOC)c1. The Bertz CT molecular complexity index is 724. The standard InChI is InChI=1S/C22H33N5O2/c1-23-22(25-12-10-20-8-4-5-11-24-20)26-18-19-7-6-9-21(17-19)29-16-14-27(2)13-15-28-3/h4-9,11,17H,10,12-16,18H2,1-3H3,(H2,23,25,26). The number of hydrogen-bond donors (Lipinski definition) is 2. The van der Waals surface area contributed by atoms with Gasteiger partial charge in [0.2, 0.25) is 0 Å². The van der Waals surface area contributed by atoms with E-state index < -0.39 is 0 Å². The van der Waals surface area contributed by atoms with Gasteiger partial charge in [-0.25, -0.2) is 0 Å². The van der Waals surface area contributed by atoms with Gasteiger partial charge < -0.3 is 25.0 Å². The molecule has 0 saturated heterocycles. The number of guanidine groups is 1. The summed E-state index contributed by atoms with van der Waals surface area (Å²) >= 11 is 0. The van der Waals surface area contributed by atoms with Crippen molar-refractivity contribution in [2.24, 2.45) is 4.99 Å². The molecule has 0 aliphatic carbocycles. The van der Waals surface area contributed by atoms with Gasteiger partial charge in [-0.05, 0) is 36.9 Å². The van der Waals surface area contributed by atoms with Crippen molar-refractivity contribution >= 4 is 5.96 Å². The van der Waals surface area contributed by atoms with Gasteiger partial charge in [0.1, 0.15) is 12.4 Å². The summed E-state index contributed by atoms with van der Waals surface area (Å²) in [6.45, 7) is 4.59. The Morgan fingerprint density at radius 2 is 1.97 bits per heavy atom. The predicted molar refractivity (Wildman–Crippen MR) is 117 cm³/mol. The first-order valence-electron chi connectivity index (χ1n) is 9.95. The molecule has 2 rings (SSSR count). The summed E-state index contributed by atoms with van der Waals surface area (Å²) in [6.07, 6.45) is 2.67. The van der Waals surface area contributed by atoms with Crippen LogP contribution in [0.1, 0.15) is 11.3 Å². The molecule has 158 valence electrons. The second-order valence-electron chi connectivity index (χ2n) is 6.72. The van der Waals surface area contributed by atoms with Crippen LogP contribution >= 0.6 is 0 Å². The van der Waals surface area contributed by atoms with E-state index in [-0.39, 0.29) is 0 Å². The molecule has 0 saturated carbocycles. The topological polar surface area (TPSA) is 71.0 Å². The van der Waals surface area contributed by atoms with Crippen LogP contribution in [0.2, 0.25) is 0 Å². The van der Waals surface area contributed by atoms with E-state index in [1.54, 1.807) is 14.2 Å². The molecule has 1 aromatic heterocycles. The first-order valence-corrected chi connectivity index (χ1v) is 9.95. The van der Waals surface area contributed by atoms with Gasteiger partial charge in [-0.2, -0.15) is 0 Å². The van der Waals surface area contributed by atoms with E-state index >= 15 is 0 Å². The first-order chi connectivity index (χ1) is 14.2. The van der Waals surface area contributed by atoms with Gasteiger partial charge in [0, 0.05) is 58.6 Å². The number of pyridine rings is 1. The maximum Gasteiger partial charge on any atom is 0.191 e. The molecule has 0 atom stereocenters. The number of methoxy groups -OCH3 is 1. The summed E-state index contributed by atoms with van der Waals surface area (Å²) in [7, 11) is 5.56. The number of aromatic nitrogens is 1. The molecule has 0 amide bonds. The van der Waals surface area contributed by atoms with Crippen LogP contribution in [0.4, 0.5) is 0 Å². The van der Waals surface area contributed by atoms with Crippen LogP contribution in [0.25, 0.3) is 0 Å². The monoisotopic (exact) mass is 399 g/mol. The minimum atomic E-state index is 0.647. The summed E-state index contributed by atoms with van der Waals surface area (Å²) in [5, 5.41) is 6.66. The van der Waals surface area contributed by atoms with Crippen LogP contribution in [0, 0.1) is 0 Å².